The van der Waals surface area contributed by atoms with Gasteiger partial charge >= 0.3 is 0 Å². The average Bonchev–Trinajstić information content (AvgIpc) is 2.74. The van der Waals surface area contributed by atoms with E-state index in [4.69, 9.17) is 4.74 Å². The van der Waals surface area contributed by atoms with Gasteiger partial charge in [-0.25, -0.2) is 0 Å². The molecule has 0 saturated heterocycles. The monoisotopic (exact) mass is 389 g/mol. The third-order valence-electron chi connectivity index (χ3n) is 5.07. The minimum absolute atomic E-state index is 0.0809. The minimum Gasteiger partial charge on any atom is -0.479 e. The number of hydrogen-bond donors (Lipinski definition) is 1. The first-order chi connectivity index (χ1) is 14.1. The molecule has 6 heteroatoms. The van der Waals surface area contributed by atoms with Crippen molar-refractivity contribution in [2.75, 3.05) is 18.0 Å². The van der Waals surface area contributed by atoms with Crippen molar-refractivity contribution < 1.29 is 14.3 Å². The van der Waals surface area contributed by atoms with E-state index in [2.05, 4.69) is 10.3 Å². The highest BCUT2D eigenvalue weighted by Crippen LogP contribution is 2.33. The number of anilines is 1. The second kappa shape index (κ2) is 8.31. The van der Waals surface area contributed by atoms with Crippen LogP contribution in [0.3, 0.4) is 0 Å². The van der Waals surface area contributed by atoms with E-state index in [1.54, 1.807) is 18.0 Å². The van der Waals surface area contributed by atoms with Crippen LogP contribution in [0.2, 0.25) is 0 Å². The summed E-state index contributed by atoms with van der Waals surface area (Å²) in [6.45, 7) is 2.58. The number of hydrogen-bond acceptors (Lipinski definition) is 4. The van der Waals surface area contributed by atoms with Crippen molar-refractivity contribution in [2.45, 2.75) is 25.9 Å². The van der Waals surface area contributed by atoms with Crippen LogP contribution in [0.25, 0.3) is 10.9 Å². The molecule has 1 aliphatic heterocycles. The fourth-order valence-corrected chi connectivity index (χ4v) is 3.60. The summed E-state index contributed by atoms with van der Waals surface area (Å²) in [4.78, 5) is 30.9. The number of benzene rings is 2. The molecule has 1 aromatic heterocycles. The number of carbonyl (C=O) groups is 2. The van der Waals surface area contributed by atoms with Gasteiger partial charge in [0.15, 0.2) is 6.10 Å². The summed E-state index contributed by atoms with van der Waals surface area (Å²) in [6.07, 6.45) is 2.17. The fraction of sp³-hybridized carbons (Fsp3) is 0.261. The van der Waals surface area contributed by atoms with E-state index < -0.39 is 6.10 Å². The number of rotatable bonds is 6. The van der Waals surface area contributed by atoms with Gasteiger partial charge in [0.05, 0.1) is 11.2 Å². The molecule has 0 fully saturated rings. The van der Waals surface area contributed by atoms with E-state index in [9.17, 15) is 9.59 Å². The average molecular weight is 389 g/mol. The van der Waals surface area contributed by atoms with Crippen LogP contribution in [0, 0.1) is 0 Å². The molecule has 0 spiro atoms. The molecule has 3 aromatic rings. The van der Waals surface area contributed by atoms with Crippen LogP contribution in [0.1, 0.15) is 18.9 Å². The van der Waals surface area contributed by atoms with Gasteiger partial charge in [-0.2, -0.15) is 0 Å². The van der Waals surface area contributed by atoms with Crippen LogP contribution in [0.4, 0.5) is 5.69 Å². The zero-order valence-corrected chi connectivity index (χ0v) is 16.3. The normalized spacial score (nSPS) is 15.7. The fourth-order valence-electron chi connectivity index (χ4n) is 3.60. The number of ether oxygens (including phenoxy) is 1. The van der Waals surface area contributed by atoms with Crippen LogP contribution in [-0.4, -0.2) is 36.0 Å². The number of amides is 2. The number of nitrogens with one attached hydrogen (secondary N) is 1. The van der Waals surface area contributed by atoms with Crippen LogP contribution < -0.4 is 15.0 Å². The summed E-state index contributed by atoms with van der Waals surface area (Å²) in [7, 11) is 0. The highest BCUT2D eigenvalue weighted by atomic mass is 16.5. The Bertz CT molecular complexity index is 1040. The molecule has 2 aromatic carbocycles. The molecule has 29 heavy (non-hydrogen) atoms. The third-order valence-corrected chi connectivity index (χ3v) is 5.07. The molecular weight excluding hydrogens is 366 g/mol. The van der Waals surface area contributed by atoms with Gasteiger partial charge in [-0.1, -0.05) is 36.4 Å². The molecule has 2 amide bonds. The van der Waals surface area contributed by atoms with Crippen molar-refractivity contribution in [3.63, 3.8) is 0 Å². The highest BCUT2D eigenvalue weighted by Gasteiger charge is 2.31. The lowest BCUT2D eigenvalue weighted by Gasteiger charge is -2.32. The topological polar surface area (TPSA) is 71.5 Å². The summed E-state index contributed by atoms with van der Waals surface area (Å²) in [5.41, 5.74) is 2.79. The second-order valence-electron chi connectivity index (χ2n) is 7.06. The van der Waals surface area contributed by atoms with E-state index in [-0.39, 0.29) is 18.2 Å². The predicted octanol–water partition coefficient (Wildman–Crippen LogP) is 3.10. The van der Waals surface area contributed by atoms with Crippen LogP contribution in [0.15, 0.2) is 60.8 Å². The zero-order chi connectivity index (χ0) is 20.2. The summed E-state index contributed by atoms with van der Waals surface area (Å²) >= 11 is 0. The van der Waals surface area contributed by atoms with E-state index in [0.29, 0.717) is 30.9 Å². The minimum atomic E-state index is -0.549. The van der Waals surface area contributed by atoms with Crippen molar-refractivity contribution in [2.24, 2.45) is 0 Å². The number of aromatic nitrogens is 1. The van der Waals surface area contributed by atoms with Gasteiger partial charge in [0, 0.05) is 31.1 Å². The first-order valence-corrected chi connectivity index (χ1v) is 9.80. The lowest BCUT2D eigenvalue weighted by Crippen LogP contribution is -2.45. The Labute approximate surface area is 169 Å². The van der Waals surface area contributed by atoms with Crippen molar-refractivity contribution in [1.82, 2.24) is 10.3 Å². The number of nitrogens with zero attached hydrogens (tertiary/aromatic N) is 2. The molecule has 0 radical (unpaired) electrons. The maximum Gasteiger partial charge on any atom is 0.267 e. The van der Waals surface area contributed by atoms with Crippen LogP contribution >= 0.6 is 0 Å². The molecule has 1 atom stereocenters. The van der Waals surface area contributed by atoms with Crippen molar-refractivity contribution in [1.29, 1.82) is 0 Å². The maximum absolute atomic E-state index is 12.5. The molecule has 0 bridgehead atoms. The number of carbonyl (C=O) groups excluding carboxylic acids is 2. The standard InChI is InChI=1S/C23H23N3O3/c1-16-23(28)26(19-9-2-3-10-20(19)29-16)15-12-21(27)24-14-11-18-7-4-6-17-8-5-13-25-22(17)18/h2-10,13,16H,11-12,14-15H2,1H3,(H,24,27). The molecule has 4 rings (SSSR count). The predicted molar refractivity (Wildman–Crippen MR) is 112 cm³/mol. The van der Waals surface area contributed by atoms with Gasteiger partial charge in [0.2, 0.25) is 5.91 Å². The Morgan fingerprint density at radius 3 is 2.86 bits per heavy atom. The SMILES string of the molecule is CC1Oc2ccccc2N(CCC(=O)NCCc2cccc3cccnc23)C1=O. The Morgan fingerprint density at radius 2 is 1.97 bits per heavy atom. The molecular formula is C23H23N3O3. The lowest BCUT2D eigenvalue weighted by atomic mass is 10.1. The van der Waals surface area contributed by atoms with Gasteiger partial charge in [0.25, 0.3) is 5.91 Å². The quantitative estimate of drug-likeness (QED) is 0.703. The highest BCUT2D eigenvalue weighted by molar-refractivity contribution is 6.00. The van der Waals surface area contributed by atoms with Crippen molar-refractivity contribution >= 4 is 28.4 Å². The molecule has 2 heterocycles. The third kappa shape index (κ3) is 4.06. The first kappa shape index (κ1) is 18.9. The van der Waals surface area contributed by atoms with Gasteiger partial charge in [-0.05, 0) is 37.1 Å². The first-order valence-electron chi connectivity index (χ1n) is 9.80. The van der Waals surface area contributed by atoms with Crippen molar-refractivity contribution in [3.05, 3.63) is 66.4 Å². The molecule has 1 aliphatic rings. The van der Waals surface area contributed by atoms with Gasteiger partial charge < -0.3 is 15.0 Å². The lowest BCUT2D eigenvalue weighted by molar-refractivity contribution is -0.125. The molecule has 1 unspecified atom stereocenters. The summed E-state index contributed by atoms with van der Waals surface area (Å²) < 4.78 is 5.63. The Kier molecular flexibility index (Phi) is 5.42. The summed E-state index contributed by atoms with van der Waals surface area (Å²) in [5, 5.41) is 4.04. The smallest absolute Gasteiger partial charge is 0.267 e. The van der Waals surface area contributed by atoms with Crippen LogP contribution in [-0.2, 0) is 16.0 Å². The molecule has 1 N–H and O–H groups in total. The van der Waals surface area contributed by atoms with E-state index in [1.165, 1.54) is 0 Å². The number of fused-ring (bicyclic) bond motifs is 2. The van der Waals surface area contributed by atoms with Crippen molar-refractivity contribution in [3.8, 4) is 5.75 Å². The number of para-hydroxylation sites is 3. The van der Waals surface area contributed by atoms with Crippen LogP contribution in [0.5, 0.6) is 5.75 Å². The van der Waals surface area contributed by atoms with E-state index in [0.717, 1.165) is 16.5 Å². The molecule has 148 valence electrons. The van der Waals surface area contributed by atoms with Gasteiger partial charge in [-0.3, -0.25) is 14.6 Å². The summed E-state index contributed by atoms with van der Waals surface area (Å²) in [6, 6.07) is 17.4. The number of pyridine rings is 1. The largest absolute Gasteiger partial charge is 0.479 e. The van der Waals surface area contributed by atoms with E-state index >= 15 is 0 Å². The zero-order valence-electron chi connectivity index (χ0n) is 16.3. The Balaban J connectivity index is 1.33. The van der Waals surface area contributed by atoms with E-state index in [1.807, 2.05) is 54.6 Å². The molecule has 0 saturated carbocycles. The maximum atomic E-state index is 12.5. The summed E-state index contributed by atoms with van der Waals surface area (Å²) in [5.74, 6) is 0.462. The Hall–Kier alpha value is -3.41. The molecule has 6 nitrogen and oxygen atoms in total. The van der Waals surface area contributed by atoms with Gasteiger partial charge in [-0.15, -0.1) is 0 Å². The molecule has 0 aliphatic carbocycles. The van der Waals surface area contributed by atoms with Gasteiger partial charge in [0.1, 0.15) is 5.75 Å². The second-order valence-corrected chi connectivity index (χ2v) is 7.06. The Morgan fingerprint density at radius 1 is 1.14 bits per heavy atom.